The number of nitrogens with one attached hydrogen (secondary N) is 1. The van der Waals surface area contributed by atoms with Crippen molar-refractivity contribution < 1.29 is 23.9 Å². The standard InChI is InChI=1S/C36H38N4O5/c1-21-17-22(2)31(23(3)18-21)33-35(42)39(36(43)37-33)20-30(41)40-34(25-11-15-28(45-5)16-12-25)29-8-6-7-26(32(29)38-40)19-24-9-13-27(44-4)14-10-24/h9-19,29,33-34H,6-8,20H2,1-5H3,(H,37,43)/b26-19-. The van der Waals surface area contributed by atoms with Gasteiger partial charge in [0.1, 0.15) is 24.1 Å². The number of hydrogen-bond donors (Lipinski definition) is 1. The first kappa shape index (κ1) is 30.1. The molecule has 9 heteroatoms. The first-order valence-corrected chi connectivity index (χ1v) is 15.3. The number of carbonyl (C=O) groups excluding carboxylic acids is 3. The molecule has 0 spiro atoms. The van der Waals surface area contributed by atoms with Crippen molar-refractivity contribution in [3.63, 3.8) is 0 Å². The number of benzene rings is 3. The highest BCUT2D eigenvalue weighted by Gasteiger charge is 2.46. The fourth-order valence-electron chi connectivity index (χ4n) is 6.96. The van der Waals surface area contributed by atoms with Gasteiger partial charge < -0.3 is 14.8 Å². The lowest BCUT2D eigenvalue weighted by atomic mass is 9.77. The minimum atomic E-state index is -0.838. The molecular weight excluding hydrogens is 568 g/mol. The number of urea groups is 1. The monoisotopic (exact) mass is 606 g/mol. The van der Waals surface area contributed by atoms with Crippen molar-refractivity contribution in [2.24, 2.45) is 11.0 Å². The Kier molecular flexibility index (Phi) is 8.18. The van der Waals surface area contributed by atoms with E-state index in [1.165, 1.54) is 5.01 Å². The second kappa shape index (κ2) is 12.2. The number of fused-ring (bicyclic) bond motifs is 1. The molecule has 1 saturated heterocycles. The number of ether oxygens (including phenoxy) is 2. The highest BCUT2D eigenvalue weighted by atomic mass is 16.5. The fourth-order valence-corrected chi connectivity index (χ4v) is 6.96. The number of hydrazone groups is 1. The lowest BCUT2D eigenvalue weighted by molar-refractivity contribution is -0.139. The summed E-state index contributed by atoms with van der Waals surface area (Å²) in [7, 11) is 3.26. The Morgan fingerprint density at radius 2 is 1.58 bits per heavy atom. The molecule has 0 radical (unpaired) electrons. The number of rotatable bonds is 7. The van der Waals surface area contributed by atoms with E-state index in [2.05, 4.69) is 11.4 Å². The van der Waals surface area contributed by atoms with Crippen LogP contribution in [0.15, 0.2) is 71.3 Å². The topological polar surface area (TPSA) is 101 Å². The number of hydrogen-bond acceptors (Lipinski definition) is 6. The summed E-state index contributed by atoms with van der Waals surface area (Å²) >= 11 is 0. The van der Waals surface area contributed by atoms with E-state index in [0.717, 1.165) is 74.6 Å². The highest BCUT2D eigenvalue weighted by molar-refractivity contribution is 6.09. The van der Waals surface area contributed by atoms with Crippen molar-refractivity contribution in [1.82, 2.24) is 15.2 Å². The van der Waals surface area contributed by atoms with Crippen LogP contribution in [0.5, 0.6) is 11.5 Å². The number of aryl methyl sites for hydroxylation is 3. The van der Waals surface area contributed by atoms with Crippen LogP contribution in [0, 0.1) is 26.7 Å². The summed E-state index contributed by atoms with van der Waals surface area (Å²) in [5.41, 5.74) is 7.57. The first-order chi connectivity index (χ1) is 21.7. The third-order valence-corrected chi connectivity index (χ3v) is 9.02. The normalized spacial score (nSPS) is 21.9. The van der Waals surface area contributed by atoms with E-state index in [-0.39, 0.29) is 12.0 Å². The molecule has 45 heavy (non-hydrogen) atoms. The van der Waals surface area contributed by atoms with Crippen LogP contribution in [0.2, 0.25) is 0 Å². The molecule has 6 rings (SSSR count). The Balaban J connectivity index is 1.32. The van der Waals surface area contributed by atoms with Gasteiger partial charge in [0, 0.05) is 5.92 Å². The van der Waals surface area contributed by atoms with Gasteiger partial charge >= 0.3 is 6.03 Å². The molecule has 3 aromatic carbocycles. The van der Waals surface area contributed by atoms with Gasteiger partial charge in [-0.15, -0.1) is 0 Å². The molecule has 3 aliphatic rings. The number of allylic oxidation sites excluding steroid dienone is 1. The van der Waals surface area contributed by atoms with E-state index in [0.29, 0.717) is 5.75 Å². The molecule has 3 atom stereocenters. The van der Waals surface area contributed by atoms with Crippen LogP contribution in [-0.2, 0) is 9.59 Å². The summed E-state index contributed by atoms with van der Waals surface area (Å²) in [6, 6.07) is 17.7. The van der Waals surface area contributed by atoms with Crippen LogP contribution in [0.1, 0.15) is 64.7 Å². The Hall–Kier alpha value is -4.92. The van der Waals surface area contributed by atoms with Gasteiger partial charge in [-0.2, -0.15) is 5.10 Å². The van der Waals surface area contributed by atoms with Gasteiger partial charge in [0.05, 0.1) is 26.0 Å². The molecule has 1 N–H and O–H groups in total. The van der Waals surface area contributed by atoms with Crippen molar-refractivity contribution in [1.29, 1.82) is 0 Å². The lowest BCUT2D eigenvalue weighted by Gasteiger charge is -2.30. The zero-order valence-corrected chi connectivity index (χ0v) is 26.3. The summed E-state index contributed by atoms with van der Waals surface area (Å²) in [4.78, 5) is 41.9. The van der Waals surface area contributed by atoms with Gasteiger partial charge in [-0.25, -0.2) is 9.80 Å². The molecule has 232 valence electrons. The molecule has 4 amide bonds. The van der Waals surface area contributed by atoms with Gasteiger partial charge in [0.2, 0.25) is 0 Å². The van der Waals surface area contributed by atoms with E-state index in [1.54, 1.807) is 14.2 Å². The first-order valence-electron chi connectivity index (χ1n) is 15.3. The second-order valence-electron chi connectivity index (χ2n) is 12.0. The molecular formula is C36H38N4O5. The molecule has 3 unspecified atom stereocenters. The second-order valence-corrected chi connectivity index (χ2v) is 12.0. The van der Waals surface area contributed by atoms with Crippen LogP contribution in [0.25, 0.3) is 6.08 Å². The van der Waals surface area contributed by atoms with E-state index < -0.39 is 30.4 Å². The van der Waals surface area contributed by atoms with Gasteiger partial charge in [-0.05, 0) is 104 Å². The van der Waals surface area contributed by atoms with Gasteiger partial charge in [0.25, 0.3) is 11.8 Å². The maximum atomic E-state index is 14.1. The average molecular weight is 607 g/mol. The van der Waals surface area contributed by atoms with Crippen molar-refractivity contribution in [3.05, 3.63) is 99.6 Å². The predicted molar refractivity (Wildman–Crippen MR) is 172 cm³/mol. The SMILES string of the molecule is COc1ccc(/C=C2/CCCC3C2=NN(C(=O)CN2C(=O)NC(c4c(C)cc(C)cc4C)C2=O)C3c2ccc(OC)cc2)cc1. The van der Waals surface area contributed by atoms with E-state index in [1.807, 2.05) is 81.4 Å². The van der Waals surface area contributed by atoms with Crippen molar-refractivity contribution in [2.45, 2.75) is 52.1 Å². The van der Waals surface area contributed by atoms with Crippen LogP contribution < -0.4 is 14.8 Å². The van der Waals surface area contributed by atoms with E-state index in [9.17, 15) is 14.4 Å². The zero-order chi connectivity index (χ0) is 31.8. The zero-order valence-electron chi connectivity index (χ0n) is 26.3. The molecule has 0 aromatic heterocycles. The number of carbonyl (C=O) groups is 3. The molecule has 3 aromatic rings. The van der Waals surface area contributed by atoms with Crippen LogP contribution in [0.3, 0.4) is 0 Å². The number of amides is 4. The van der Waals surface area contributed by atoms with Crippen molar-refractivity contribution in [3.8, 4) is 11.5 Å². The smallest absolute Gasteiger partial charge is 0.325 e. The number of imide groups is 1. The van der Waals surface area contributed by atoms with E-state index >= 15 is 0 Å². The van der Waals surface area contributed by atoms with Crippen LogP contribution in [-0.4, -0.2) is 54.2 Å². The van der Waals surface area contributed by atoms with Crippen LogP contribution in [0.4, 0.5) is 4.79 Å². The third kappa shape index (κ3) is 5.70. The molecule has 1 saturated carbocycles. The number of nitrogens with zero attached hydrogens (tertiary/aromatic N) is 3. The lowest BCUT2D eigenvalue weighted by Crippen LogP contribution is -2.42. The minimum Gasteiger partial charge on any atom is -0.497 e. The van der Waals surface area contributed by atoms with Gasteiger partial charge in [0.15, 0.2) is 0 Å². The molecule has 9 nitrogen and oxygen atoms in total. The minimum absolute atomic E-state index is 0.0331. The summed E-state index contributed by atoms with van der Waals surface area (Å²) in [5, 5.41) is 9.24. The third-order valence-electron chi connectivity index (χ3n) is 9.02. The fraction of sp³-hybridized carbons (Fsp3) is 0.333. The summed E-state index contributed by atoms with van der Waals surface area (Å²) in [5.74, 6) is 0.612. The Morgan fingerprint density at radius 3 is 2.20 bits per heavy atom. The summed E-state index contributed by atoms with van der Waals surface area (Å²) in [6.07, 6.45) is 4.77. The van der Waals surface area contributed by atoms with Gasteiger partial charge in [-0.1, -0.05) is 42.0 Å². The molecule has 2 fully saturated rings. The maximum absolute atomic E-state index is 14.1. The summed E-state index contributed by atoms with van der Waals surface area (Å²) < 4.78 is 10.7. The summed E-state index contributed by atoms with van der Waals surface area (Å²) in [6.45, 7) is 5.46. The Morgan fingerprint density at radius 1 is 0.956 bits per heavy atom. The van der Waals surface area contributed by atoms with Crippen LogP contribution >= 0.6 is 0 Å². The van der Waals surface area contributed by atoms with Crippen molar-refractivity contribution in [2.75, 3.05) is 20.8 Å². The quantitative estimate of drug-likeness (QED) is 0.331. The Labute approximate surface area is 263 Å². The van der Waals surface area contributed by atoms with Crippen molar-refractivity contribution >= 4 is 29.6 Å². The predicted octanol–water partition coefficient (Wildman–Crippen LogP) is 6.05. The average Bonchev–Trinajstić information content (AvgIpc) is 3.55. The largest absolute Gasteiger partial charge is 0.497 e. The number of methoxy groups -OCH3 is 2. The maximum Gasteiger partial charge on any atom is 0.325 e. The van der Waals surface area contributed by atoms with E-state index in [4.69, 9.17) is 14.6 Å². The highest BCUT2D eigenvalue weighted by Crippen LogP contribution is 2.45. The van der Waals surface area contributed by atoms with Gasteiger partial charge in [-0.3, -0.25) is 14.5 Å². The molecule has 1 aliphatic carbocycles. The molecule has 2 aliphatic heterocycles. The molecule has 0 bridgehead atoms. The molecule has 2 heterocycles. The Bertz CT molecular complexity index is 1690.